The van der Waals surface area contributed by atoms with Gasteiger partial charge < -0.3 is 10.4 Å². The Labute approximate surface area is 133 Å². The van der Waals surface area contributed by atoms with E-state index in [9.17, 15) is 19.3 Å². The molecule has 0 saturated carbocycles. The van der Waals surface area contributed by atoms with E-state index in [1.54, 1.807) is 60.7 Å². The Morgan fingerprint density at radius 1 is 0.957 bits per heavy atom. The van der Waals surface area contributed by atoms with Crippen molar-refractivity contribution in [3.63, 3.8) is 0 Å². The van der Waals surface area contributed by atoms with Gasteiger partial charge in [0.05, 0.1) is 0 Å². The molecule has 1 atom stereocenters. The number of amides is 3. The summed E-state index contributed by atoms with van der Waals surface area (Å²) in [5.74, 6) is -2.40. The number of hydrogen-bond acceptors (Lipinski definition) is 4. The van der Waals surface area contributed by atoms with Crippen LogP contribution in [0.5, 0.6) is 0 Å². The van der Waals surface area contributed by atoms with E-state index in [1.165, 1.54) is 0 Å². The number of aliphatic hydroxyl groups is 1. The molecule has 1 fully saturated rings. The number of carbonyl (C=O) groups is 2. The number of urea groups is 1. The molecular formula is C16H13N2O4P. The van der Waals surface area contributed by atoms with Gasteiger partial charge in [-0.25, -0.2) is 9.69 Å². The monoisotopic (exact) mass is 328 g/mol. The second kappa shape index (κ2) is 5.91. The van der Waals surface area contributed by atoms with Crippen molar-refractivity contribution in [3.8, 4) is 0 Å². The number of imide groups is 1. The van der Waals surface area contributed by atoms with Gasteiger partial charge >= 0.3 is 6.03 Å². The molecule has 2 N–H and O–H groups in total. The summed E-state index contributed by atoms with van der Waals surface area (Å²) in [4.78, 5) is 25.8. The summed E-state index contributed by atoms with van der Waals surface area (Å²) in [6, 6.07) is 16.7. The van der Waals surface area contributed by atoms with Gasteiger partial charge in [0, 0.05) is 0 Å². The molecule has 0 aliphatic carbocycles. The number of nitrogens with zero attached hydrogens (tertiary/aromatic N) is 1. The highest BCUT2D eigenvalue weighted by Gasteiger charge is 2.55. The zero-order valence-electron chi connectivity index (χ0n) is 11.9. The Morgan fingerprint density at radius 2 is 1.43 bits per heavy atom. The number of hydrogen-bond donors (Lipinski definition) is 2. The van der Waals surface area contributed by atoms with Crippen molar-refractivity contribution in [2.75, 3.05) is 0 Å². The summed E-state index contributed by atoms with van der Waals surface area (Å²) in [5, 5.41) is 12.4. The summed E-state index contributed by atoms with van der Waals surface area (Å²) in [6.45, 7) is 0. The van der Waals surface area contributed by atoms with Crippen LogP contribution in [0, 0.1) is 0 Å². The highest BCUT2D eigenvalue weighted by molar-refractivity contribution is 7.24. The van der Waals surface area contributed by atoms with E-state index in [4.69, 9.17) is 0 Å². The van der Waals surface area contributed by atoms with Crippen molar-refractivity contribution in [2.45, 2.75) is 11.5 Å². The van der Waals surface area contributed by atoms with Crippen LogP contribution in [0.1, 0.15) is 11.1 Å². The minimum Gasteiger partial charge on any atom is -0.363 e. The first-order valence-electron chi connectivity index (χ1n) is 6.88. The second-order valence-electron chi connectivity index (χ2n) is 5.04. The molecule has 7 heteroatoms. The Morgan fingerprint density at radius 3 is 1.87 bits per heavy atom. The lowest BCUT2D eigenvalue weighted by Gasteiger charge is -2.28. The lowest BCUT2D eigenvalue weighted by atomic mass is 9.83. The van der Waals surface area contributed by atoms with Crippen molar-refractivity contribution in [1.29, 1.82) is 0 Å². The summed E-state index contributed by atoms with van der Waals surface area (Å²) >= 11 is 0. The van der Waals surface area contributed by atoms with Crippen LogP contribution in [0.2, 0.25) is 0 Å². The molecule has 2 aromatic carbocycles. The van der Waals surface area contributed by atoms with Gasteiger partial charge in [-0.15, -0.1) is 0 Å². The summed E-state index contributed by atoms with van der Waals surface area (Å²) in [6.07, 6.45) is 0. The van der Waals surface area contributed by atoms with E-state index in [2.05, 4.69) is 5.32 Å². The van der Waals surface area contributed by atoms with E-state index >= 15 is 0 Å². The first kappa shape index (κ1) is 15.3. The smallest absolute Gasteiger partial charge is 0.328 e. The number of rotatable bonds is 4. The molecule has 6 nitrogen and oxygen atoms in total. The van der Waals surface area contributed by atoms with Crippen LogP contribution in [0.4, 0.5) is 4.79 Å². The molecule has 0 radical (unpaired) electrons. The Hall–Kier alpha value is -2.56. The topological polar surface area (TPSA) is 86.7 Å². The van der Waals surface area contributed by atoms with Gasteiger partial charge in [0.15, 0.2) is 5.54 Å². The van der Waals surface area contributed by atoms with E-state index in [0.717, 1.165) is 0 Å². The van der Waals surface area contributed by atoms with Gasteiger partial charge in [0.1, 0.15) is 0 Å². The first-order chi connectivity index (χ1) is 11.1. The highest BCUT2D eigenvalue weighted by Crippen LogP contribution is 2.37. The summed E-state index contributed by atoms with van der Waals surface area (Å²) in [5.41, 5.74) is -0.339. The number of benzene rings is 2. The van der Waals surface area contributed by atoms with Gasteiger partial charge in [0.2, 0.25) is 14.4 Å². The van der Waals surface area contributed by atoms with E-state index in [1.807, 2.05) is 0 Å². The van der Waals surface area contributed by atoms with Gasteiger partial charge in [-0.2, -0.15) is 0 Å². The van der Waals surface area contributed by atoms with Gasteiger partial charge in [0.25, 0.3) is 5.91 Å². The third kappa shape index (κ3) is 2.32. The van der Waals surface area contributed by atoms with Crippen LogP contribution in [-0.4, -0.2) is 27.9 Å². The van der Waals surface area contributed by atoms with Crippen LogP contribution in [0.3, 0.4) is 0 Å². The lowest BCUT2D eigenvalue weighted by Crippen LogP contribution is -2.45. The Bertz CT molecular complexity index is 712. The minimum atomic E-state index is -1.73. The van der Waals surface area contributed by atoms with Crippen LogP contribution in [-0.2, 0) is 14.9 Å². The fourth-order valence-electron chi connectivity index (χ4n) is 2.74. The molecular weight excluding hydrogens is 315 g/mol. The minimum absolute atomic E-state index is 0.557. The fraction of sp³-hybridized carbons (Fsp3) is 0.125. The molecule has 3 amide bonds. The SMILES string of the molecule is O=PC(O)N1C(=O)NC(c2ccccc2)(c2ccccc2)C1=O. The average Bonchev–Trinajstić information content (AvgIpc) is 2.87. The molecule has 0 spiro atoms. The van der Waals surface area contributed by atoms with Gasteiger partial charge in [-0.3, -0.25) is 9.36 Å². The molecule has 3 rings (SSSR count). The maximum absolute atomic E-state index is 13.0. The third-order valence-electron chi connectivity index (χ3n) is 3.79. The van der Waals surface area contributed by atoms with Crippen molar-refractivity contribution < 1.29 is 19.3 Å². The zero-order valence-corrected chi connectivity index (χ0v) is 12.8. The van der Waals surface area contributed by atoms with Crippen LogP contribution >= 0.6 is 8.46 Å². The van der Waals surface area contributed by atoms with Crippen molar-refractivity contribution in [2.24, 2.45) is 0 Å². The highest BCUT2D eigenvalue weighted by atomic mass is 31.1. The van der Waals surface area contributed by atoms with Crippen molar-refractivity contribution in [3.05, 3.63) is 71.8 Å². The van der Waals surface area contributed by atoms with Crippen molar-refractivity contribution in [1.82, 2.24) is 10.2 Å². The maximum Gasteiger partial charge on any atom is 0.328 e. The van der Waals surface area contributed by atoms with E-state index in [-0.39, 0.29) is 0 Å². The third-order valence-corrected chi connectivity index (χ3v) is 4.21. The fourth-order valence-corrected chi connectivity index (χ4v) is 3.04. The van der Waals surface area contributed by atoms with E-state index < -0.39 is 31.9 Å². The second-order valence-corrected chi connectivity index (χ2v) is 5.71. The molecule has 1 aliphatic heterocycles. The van der Waals surface area contributed by atoms with Crippen molar-refractivity contribution >= 4 is 20.4 Å². The van der Waals surface area contributed by atoms with Crippen LogP contribution < -0.4 is 5.32 Å². The molecule has 1 saturated heterocycles. The van der Waals surface area contributed by atoms with Gasteiger partial charge in [-0.1, -0.05) is 60.7 Å². The predicted octanol–water partition coefficient (Wildman–Crippen LogP) is 2.05. The normalized spacial score (nSPS) is 18.0. The van der Waals surface area contributed by atoms with Gasteiger partial charge in [-0.05, 0) is 11.1 Å². The number of carbonyl (C=O) groups excluding carboxylic acids is 2. The summed E-state index contributed by atoms with van der Waals surface area (Å²) < 4.78 is 10.9. The lowest BCUT2D eigenvalue weighted by molar-refractivity contribution is -0.133. The largest absolute Gasteiger partial charge is 0.363 e. The Kier molecular flexibility index (Phi) is 3.94. The van der Waals surface area contributed by atoms with Crippen LogP contribution in [0.15, 0.2) is 60.7 Å². The molecule has 1 aliphatic rings. The van der Waals surface area contributed by atoms with E-state index in [0.29, 0.717) is 16.0 Å². The van der Waals surface area contributed by atoms with Crippen LogP contribution in [0.25, 0.3) is 0 Å². The average molecular weight is 328 g/mol. The maximum atomic E-state index is 13.0. The molecule has 0 bridgehead atoms. The summed E-state index contributed by atoms with van der Waals surface area (Å²) in [7, 11) is -0.725. The standard InChI is InChI=1S/C16H13N2O4P/c19-13-16(11-7-3-1-4-8-11,12-9-5-2-6-10-12)17-14(20)18(13)15(21)23-22/h1-10,15,21H,(H,17,20). The zero-order chi connectivity index (χ0) is 16.4. The predicted molar refractivity (Wildman–Crippen MR) is 82.7 cm³/mol. The first-order valence-corrected chi connectivity index (χ1v) is 7.77. The molecule has 0 aromatic heterocycles. The molecule has 116 valence electrons. The molecule has 1 unspecified atom stereocenters. The quantitative estimate of drug-likeness (QED) is 0.664. The Balaban J connectivity index is 2.21. The molecule has 23 heavy (non-hydrogen) atoms. The molecule has 2 aromatic rings. The number of nitrogens with one attached hydrogen (secondary N) is 1. The molecule has 1 heterocycles. The number of aliphatic hydroxyl groups excluding tert-OH is 1.